The zero-order valence-electron chi connectivity index (χ0n) is 12.1. The molecule has 2 aromatic carbocycles. The molecule has 1 heterocycles. The Morgan fingerprint density at radius 2 is 1.78 bits per heavy atom. The van der Waals surface area contributed by atoms with Crippen molar-refractivity contribution >= 4 is 17.5 Å². The molecule has 1 saturated heterocycles. The first-order valence-electron chi connectivity index (χ1n) is 7.14. The summed E-state index contributed by atoms with van der Waals surface area (Å²) in [5, 5.41) is 2.79. The Hall–Kier alpha value is -2.76. The highest BCUT2D eigenvalue weighted by atomic mass is 19.2. The Morgan fingerprint density at radius 1 is 1.04 bits per heavy atom. The summed E-state index contributed by atoms with van der Waals surface area (Å²) in [5.41, 5.74) is 1.11. The Labute approximate surface area is 131 Å². The summed E-state index contributed by atoms with van der Waals surface area (Å²) in [5.74, 6) is -2.63. The SMILES string of the molecule is O=C1C[C@@H](Nc2ccc(F)c(F)c2)C(=O)N1Cc1ccccc1. The molecule has 1 fully saturated rings. The number of imide groups is 1. The third-order valence-corrected chi connectivity index (χ3v) is 3.69. The van der Waals surface area contributed by atoms with Crippen molar-refractivity contribution in [2.24, 2.45) is 0 Å². The van der Waals surface area contributed by atoms with Crippen LogP contribution in [0.25, 0.3) is 0 Å². The van der Waals surface area contributed by atoms with Crippen molar-refractivity contribution in [3.05, 3.63) is 65.7 Å². The van der Waals surface area contributed by atoms with Crippen LogP contribution in [-0.2, 0) is 16.1 Å². The number of amides is 2. The van der Waals surface area contributed by atoms with Gasteiger partial charge < -0.3 is 5.32 Å². The second-order valence-electron chi connectivity index (χ2n) is 5.33. The van der Waals surface area contributed by atoms with Gasteiger partial charge in [0, 0.05) is 11.8 Å². The highest BCUT2D eigenvalue weighted by Crippen LogP contribution is 2.21. The van der Waals surface area contributed by atoms with Gasteiger partial charge in [0.25, 0.3) is 5.91 Å². The number of nitrogens with zero attached hydrogens (tertiary/aromatic N) is 1. The summed E-state index contributed by atoms with van der Waals surface area (Å²) in [4.78, 5) is 25.6. The van der Waals surface area contributed by atoms with E-state index in [0.29, 0.717) is 0 Å². The van der Waals surface area contributed by atoms with Crippen molar-refractivity contribution in [2.75, 3.05) is 5.32 Å². The molecule has 2 aromatic rings. The van der Waals surface area contributed by atoms with E-state index in [1.165, 1.54) is 11.0 Å². The van der Waals surface area contributed by atoms with Crippen molar-refractivity contribution in [1.82, 2.24) is 4.90 Å². The summed E-state index contributed by atoms with van der Waals surface area (Å²) in [6.07, 6.45) is -0.00926. The number of carbonyl (C=O) groups excluding carboxylic acids is 2. The maximum atomic E-state index is 13.2. The fraction of sp³-hybridized carbons (Fsp3) is 0.176. The average molecular weight is 316 g/mol. The largest absolute Gasteiger partial charge is 0.373 e. The van der Waals surface area contributed by atoms with E-state index in [4.69, 9.17) is 0 Å². The molecule has 6 heteroatoms. The van der Waals surface area contributed by atoms with Crippen molar-refractivity contribution < 1.29 is 18.4 Å². The van der Waals surface area contributed by atoms with Crippen LogP contribution in [0, 0.1) is 11.6 Å². The molecule has 0 spiro atoms. The zero-order valence-corrected chi connectivity index (χ0v) is 12.1. The highest BCUT2D eigenvalue weighted by Gasteiger charge is 2.38. The molecule has 0 aromatic heterocycles. The minimum atomic E-state index is -1.01. The van der Waals surface area contributed by atoms with E-state index in [0.717, 1.165) is 17.7 Å². The van der Waals surface area contributed by atoms with Crippen LogP contribution >= 0.6 is 0 Å². The number of hydrogen-bond acceptors (Lipinski definition) is 3. The fourth-order valence-electron chi connectivity index (χ4n) is 2.52. The number of benzene rings is 2. The van der Waals surface area contributed by atoms with Crippen molar-refractivity contribution in [3.8, 4) is 0 Å². The number of carbonyl (C=O) groups is 2. The lowest BCUT2D eigenvalue weighted by molar-refractivity contribution is -0.139. The summed E-state index contributed by atoms with van der Waals surface area (Å²) >= 11 is 0. The summed E-state index contributed by atoms with van der Waals surface area (Å²) in [7, 11) is 0. The smallest absolute Gasteiger partial charge is 0.252 e. The molecular weight excluding hydrogens is 302 g/mol. The van der Waals surface area contributed by atoms with Crippen molar-refractivity contribution in [3.63, 3.8) is 0 Å². The van der Waals surface area contributed by atoms with Gasteiger partial charge in [0.05, 0.1) is 13.0 Å². The molecule has 0 aliphatic carbocycles. The van der Waals surface area contributed by atoms with Gasteiger partial charge in [-0.3, -0.25) is 14.5 Å². The second kappa shape index (κ2) is 6.16. The monoisotopic (exact) mass is 316 g/mol. The zero-order chi connectivity index (χ0) is 16.4. The number of halogens is 2. The van der Waals surface area contributed by atoms with Crippen LogP contribution in [0.15, 0.2) is 48.5 Å². The number of rotatable bonds is 4. The maximum absolute atomic E-state index is 13.2. The molecule has 2 amide bonds. The third-order valence-electron chi connectivity index (χ3n) is 3.69. The van der Waals surface area contributed by atoms with E-state index in [9.17, 15) is 18.4 Å². The Kier molecular flexibility index (Phi) is 4.06. The van der Waals surface area contributed by atoms with E-state index >= 15 is 0 Å². The molecule has 1 N–H and O–H groups in total. The van der Waals surface area contributed by atoms with Crippen LogP contribution in [0.3, 0.4) is 0 Å². The Balaban J connectivity index is 1.72. The molecule has 1 aliphatic heterocycles. The second-order valence-corrected chi connectivity index (χ2v) is 5.33. The Bertz CT molecular complexity index is 750. The molecule has 0 bridgehead atoms. The number of hydrogen-bond donors (Lipinski definition) is 1. The molecule has 23 heavy (non-hydrogen) atoms. The van der Waals surface area contributed by atoms with Gasteiger partial charge in [-0.25, -0.2) is 8.78 Å². The number of likely N-dealkylation sites (tertiary alicyclic amines) is 1. The first-order valence-corrected chi connectivity index (χ1v) is 7.14. The lowest BCUT2D eigenvalue weighted by Crippen LogP contribution is -2.34. The van der Waals surface area contributed by atoms with Gasteiger partial charge in [0.15, 0.2) is 11.6 Å². The molecule has 118 valence electrons. The normalized spacial score (nSPS) is 17.7. The molecule has 3 rings (SSSR count). The lowest BCUT2D eigenvalue weighted by Gasteiger charge is -2.16. The molecular formula is C17H14F2N2O2. The van der Waals surface area contributed by atoms with Gasteiger partial charge in [-0.2, -0.15) is 0 Å². The minimum absolute atomic E-state index is 0.00926. The summed E-state index contributed by atoms with van der Waals surface area (Å²) in [6, 6.07) is 11.7. The molecule has 1 atom stereocenters. The first kappa shape index (κ1) is 15.1. The van der Waals surface area contributed by atoms with Crippen molar-refractivity contribution in [1.29, 1.82) is 0 Å². The number of anilines is 1. The number of nitrogens with one attached hydrogen (secondary N) is 1. The van der Waals surface area contributed by atoms with E-state index in [2.05, 4.69) is 5.32 Å². The third kappa shape index (κ3) is 3.21. The molecule has 1 aliphatic rings. The topological polar surface area (TPSA) is 49.4 Å². The molecule has 0 unspecified atom stereocenters. The van der Waals surface area contributed by atoms with Crippen LogP contribution in [0.2, 0.25) is 0 Å². The first-order chi connectivity index (χ1) is 11.0. The predicted molar refractivity (Wildman–Crippen MR) is 80.4 cm³/mol. The van der Waals surface area contributed by atoms with E-state index in [-0.39, 0.29) is 30.5 Å². The fourth-order valence-corrected chi connectivity index (χ4v) is 2.52. The van der Waals surface area contributed by atoms with E-state index in [1.54, 1.807) is 0 Å². The standard InChI is InChI=1S/C17H14F2N2O2/c18-13-7-6-12(8-14(13)19)20-15-9-16(22)21(17(15)23)10-11-4-2-1-3-5-11/h1-8,15,20H,9-10H2/t15-/m1/s1. The van der Waals surface area contributed by atoms with Crippen LogP contribution in [0.5, 0.6) is 0 Å². The highest BCUT2D eigenvalue weighted by molar-refractivity contribution is 6.06. The van der Waals surface area contributed by atoms with Crippen LogP contribution in [0.4, 0.5) is 14.5 Å². The van der Waals surface area contributed by atoms with E-state index < -0.39 is 17.7 Å². The van der Waals surface area contributed by atoms with E-state index in [1.807, 2.05) is 30.3 Å². The lowest BCUT2D eigenvalue weighted by atomic mass is 10.2. The summed E-state index contributed by atoms with van der Waals surface area (Å²) < 4.78 is 26.1. The van der Waals surface area contributed by atoms with Crippen LogP contribution in [0.1, 0.15) is 12.0 Å². The summed E-state index contributed by atoms with van der Waals surface area (Å²) in [6.45, 7) is 0.203. The Morgan fingerprint density at radius 3 is 2.48 bits per heavy atom. The molecule has 4 nitrogen and oxygen atoms in total. The molecule has 0 saturated carbocycles. The minimum Gasteiger partial charge on any atom is -0.373 e. The maximum Gasteiger partial charge on any atom is 0.252 e. The van der Waals surface area contributed by atoms with Gasteiger partial charge >= 0.3 is 0 Å². The quantitative estimate of drug-likeness (QED) is 0.882. The predicted octanol–water partition coefficient (Wildman–Crippen LogP) is 2.70. The van der Waals surface area contributed by atoms with Gasteiger partial charge in [0.1, 0.15) is 6.04 Å². The van der Waals surface area contributed by atoms with Crippen LogP contribution < -0.4 is 5.32 Å². The van der Waals surface area contributed by atoms with Crippen molar-refractivity contribution in [2.45, 2.75) is 19.0 Å². The van der Waals surface area contributed by atoms with Gasteiger partial charge in [0.2, 0.25) is 5.91 Å². The molecule has 0 radical (unpaired) electrons. The van der Waals surface area contributed by atoms with Gasteiger partial charge in [-0.05, 0) is 17.7 Å². The van der Waals surface area contributed by atoms with Gasteiger partial charge in [-0.15, -0.1) is 0 Å². The average Bonchev–Trinajstić information content (AvgIpc) is 2.80. The van der Waals surface area contributed by atoms with Crippen LogP contribution in [-0.4, -0.2) is 22.8 Å². The van der Waals surface area contributed by atoms with Gasteiger partial charge in [-0.1, -0.05) is 30.3 Å².